The van der Waals surface area contributed by atoms with Gasteiger partial charge in [-0.15, -0.1) is 0 Å². The van der Waals surface area contributed by atoms with Crippen LogP contribution in [0.25, 0.3) is 0 Å². The first kappa shape index (κ1) is 19.2. The summed E-state index contributed by atoms with van der Waals surface area (Å²) in [5, 5.41) is 23.9. The lowest BCUT2D eigenvalue weighted by molar-refractivity contribution is -0.385. The molecule has 0 aliphatic heterocycles. The van der Waals surface area contributed by atoms with Crippen LogP contribution >= 0.6 is 0 Å². The predicted octanol–water partition coefficient (Wildman–Crippen LogP) is 2.47. The SMILES string of the molecule is COc1cc(C(=O)NCCC(O)c2ccccc2)c([N+](=O)[O-])cc1OC. The lowest BCUT2D eigenvalue weighted by atomic mass is 10.1. The summed E-state index contributed by atoms with van der Waals surface area (Å²) in [7, 11) is 2.73. The molecule has 0 saturated carbocycles. The molecule has 0 aliphatic carbocycles. The van der Waals surface area contributed by atoms with Crippen molar-refractivity contribution in [3.63, 3.8) is 0 Å². The molecule has 0 radical (unpaired) electrons. The maximum absolute atomic E-state index is 12.4. The second-order valence-electron chi connectivity index (χ2n) is 5.45. The monoisotopic (exact) mass is 360 g/mol. The molecule has 0 heterocycles. The van der Waals surface area contributed by atoms with E-state index >= 15 is 0 Å². The van der Waals surface area contributed by atoms with Crippen LogP contribution in [0.1, 0.15) is 28.4 Å². The van der Waals surface area contributed by atoms with Gasteiger partial charge in [-0.1, -0.05) is 30.3 Å². The van der Waals surface area contributed by atoms with Crippen LogP contribution < -0.4 is 14.8 Å². The van der Waals surface area contributed by atoms with Crippen molar-refractivity contribution in [2.75, 3.05) is 20.8 Å². The molecule has 138 valence electrons. The minimum Gasteiger partial charge on any atom is -0.493 e. The molecule has 1 atom stereocenters. The van der Waals surface area contributed by atoms with E-state index in [4.69, 9.17) is 9.47 Å². The molecule has 0 bridgehead atoms. The molecule has 26 heavy (non-hydrogen) atoms. The molecule has 0 aromatic heterocycles. The number of aliphatic hydroxyl groups is 1. The fourth-order valence-electron chi connectivity index (χ4n) is 2.46. The zero-order valence-corrected chi connectivity index (χ0v) is 14.5. The van der Waals surface area contributed by atoms with Gasteiger partial charge in [-0.3, -0.25) is 14.9 Å². The number of amides is 1. The lowest BCUT2D eigenvalue weighted by Gasteiger charge is -2.13. The first-order chi connectivity index (χ1) is 12.5. The van der Waals surface area contributed by atoms with E-state index in [0.717, 1.165) is 11.6 Å². The molecule has 0 saturated heterocycles. The zero-order valence-electron chi connectivity index (χ0n) is 14.5. The van der Waals surface area contributed by atoms with Gasteiger partial charge in [-0.05, 0) is 12.0 Å². The van der Waals surface area contributed by atoms with Gasteiger partial charge in [0, 0.05) is 12.6 Å². The van der Waals surface area contributed by atoms with Gasteiger partial charge in [-0.25, -0.2) is 0 Å². The first-order valence-corrected chi connectivity index (χ1v) is 7.89. The highest BCUT2D eigenvalue weighted by Crippen LogP contribution is 2.34. The Balaban J connectivity index is 2.10. The van der Waals surface area contributed by atoms with Gasteiger partial charge < -0.3 is 19.9 Å². The predicted molar refractivity (Wildman–Crippen MR) is 94.6 cm³/mol. The van der Waals surface area contributed by atoms with Crippen molar-refractivity contribution in [2.24, 2.45) is 0 Å². The zero-order chi connectivity index (χ0) is 19.1. The normalized spacial score (nSPS) is 11.5. The summed E-state index contributed by atoms with van der Waals surface area (Å²) in [5.41, 5.74) is 0.212. The van der Waals surface area contributed by atoms with Crippen molar-refractivity contribution in [1.82, 2.24) is 5.32 Å². The number of benzene rings is 2. The number of aliphatic hydroxyl groups excluding tert-OH is 1. The van der Waals surface area contributed by atoms with Gasteiger partial charge >= 0.3 is 0 Å². The van der Waals surface area contributed by atoms with Crippen LogP contribution in [0, 0.1) is 10.1 Å². The molecule has 8 nitrogen and oxygen atoms in total. The number of carbonyl (C=O) groups is 1. The van der Waals surface area contributed by atoms with E-state index < -0.39 is 16.9 Å². The smallest absolute Gasteiger partial charge is 0.286 e. The van der Waals surface area contributed by atoms with Gasteiger partial charge in [-0.2, -0.15) is 0 Å². The fraction of sp³-hybridized carbons (Fsp3) is 0.278. The number of nitro groups is 1. The van der Waals surface area contributed by atoms with Crippen molar-refractivity contribution in [1.29, 1.82) is 0 Å². The number of methoxy groups -OCH3 is 2. The standard InChI is InChI=1S/C18H20N2O6/c1-25-16-10-13(14(20(23)24)11-17(16)26-2)18(22)19-9-8-15(21)12-6-4-3-5-7-12/h3-7,10-11,15,21H,8-9H2,1-2H3,(H,19,22). The fourth-order valence-corrected chi connectivity index (χ4v) is 2.46. The Bertz CT molecular complexity index is 779. The maximum atomic E-state index is 12.4. The Hall–Kier alpha value is -3.13. The van der Waals surface area contributed by atoms with E-state index in [1.54, 1.807) is 12.1 Å². The molecule has 2 N–H and O–H groups in total. The topological polar surface area (TPSA) is 111 Å². The minimum absolute atomic E-state index is 0.137. The lowest BCUT2D eigenvalue weighted by Crippen LogP contribution is -2.26. The van der Waals surface area contributed by atoms with Crippen LogP contribution in [0.3, 0.4) is 0 Å². The summed E-state index contributed by atoms with van der Waals surface area (Å²) in [5.74, 6) is -0.249. The third-order valence-electron chi connectivity index (χ3n) is 3.83. The second kappa shape index (κ2) is 8.82. The summed E-state index contributed by atoms with van der Waals surface area (Å²) in [6.07, 6.45) is -0.464. The van der Waals surface area contributed by atoms with E-state index in [1.807, 2.05) is 18.2 Å². The van der Waals surface area contributed by atoms with Crippen molar-refractivity contribution in [2.45, 2.75) is 12.5 Å². The molecular weight excluding hydrogens is 340 g/mol. The Morgan fingerprint density at radius 2 is 1.81 bits per heavy atom. The van der Waals surface area contributed by atoms with E-state index in [2.05, 4.69) is 5.32 Å². The number of nitrogens with one attached hydrogen (secondary N) is 1. The van der Waals surface area contributed by atoms with Crippen LogP contribution in [-0.2, 0) is 0 Å². The Labute approximate surface area is 150 Å². The van der Waals surface area contributed by atoms with Gasteiger partial charge in [0.25, 0.3) is 11.6 Å². The summed E-state index contributed by atoms with van der Waals surface area (Å²) >= 11 is 0. The molecule has 8 heteroatoms. The van der Waals surface area contributed by atoms with Crippen LogP contribution in [0.4, 0.5) is 5.69 Å². The van der Waals surface area contributed by atoms with Crippen LogP contribution in [-0.4, -0.2) is 36.7 Å². The highest BCUT2D eigenvalue weighted by Gasteiger charge is 2.24. The minimum atomic E-state index is -0.739. The summed E-state index contributed by atoms with van der Waals surface area (Å²) in [4.78, 5) is 23.0. The molecule has 2 rings (SSSR count). The number of hydrogen-bond donors (Lipinski definition) is 2. The average molecular weight is 360 g/mol. The van der Waals surface area contributed by atoms with Gasteiger partial charge in [0.05, 0.1) is 31.3 Å². The number of carbonyl (C=O) groups excluding carboxylic acids is 1. The largest absolute Gasteiger partial charge is 0.493 e. The van der Waals surface area contributed by atoms with E-state index in [1.165, 1.54) is 20.3 Å². The molecule has 2 aromatic carbocycles. The number of hydrogen-bond acceptors (Lipinski definition) is 6. The number of nitro benzene ring substituents is 1. The number of ether oxygens (including phenoxy) is 2. The van der Waals surface area contributed by atoms with Crippen molar-refractivity contribution < 1.29 is 24.3 Å². The van der Waals surface area contributed by atoms with Gasteiger partial charge in [0.15, 0.2) is 11.5 Å². The van der Waals surface area contributed by atoms with Gasteiger partial charge in [0.2, 0.25) is 0 Å². The van der Waals surface area contributed by atoms with Crippen molar-refractivity contribution in [3.05, 3.63) is 63.7 Å². The Morgan fingerprint density at radius 3 is 2.38 bits per heavy atom. The van der Waals surface area contributed by atoms with Crippen LogP contribution in [0.5, 0.6) is 11.5 Å². The third kappa shape index (κ3) is 4.48. The van der Waals surface area contributed by atoms with E-state index in [-0.39, 0.29) is 35.7 Å². The Morgan fingerprint density at radius 1 is 1.19 bits per heavy atom. The quantitative estimate of drug-likeness (QED) is 0.553. The number of rotatable bonds is 8. The maximum Gasteiger partial charge on any atom is 0.286 e. The summed E-state index contributed by atoms with van der Waals surface area (Å²) in [6.45, 7) is 0.153. The highest BCUT2D eigenvalue weighted by atomic mass is 16.6. The average Bonchev–Trinajstić information content (AvgIpc) is 2.67. The van der Waals surface area contributed by atoms with Crippen molar-refractivity contribution >= 4 is 11.6 Å². The molecule has 0 aliphatic rings. The summed E-state index contributed by atoms with van der Waals surface area (Å²) < 4.78 is 10.1. The molecule has 2 aromatic rings. The molecule has 0 spiro atoms. The molecule has 1 amide bonds. The molecule has 1 unspecified atom stereocenters. The second-order valence-corrected chi connectivity index (χ2v) is 5.45. The van der Waals surface area contributed by atoms with Crippen molar-refractivity contribution in [3.8, 4) is 11.5 Å². The highest BCUT2D eigenvalue weighted by molar-refractivity contribution is 5.99. The van der Waals surface area contributed by atoms with Crippen LogP contribution in [0.2, 0.25) is 0 Å². The first-order valence-electron chi connectivity index (χ1n) is 7.89. The van der Waals surface area contributed by atoms with E-state index in [0.29, 0.717) is 0 Å². The summed E-state index contributed by atoms with van der Waals surface area (Å²) in [6, 6.07) is 11.4. The van der Waals surface area contributed by atoms with Gasteiger partial charge in [0.1, 0.15) is 5.56 Å². The van der Waals surface area contributed by atoms with Crippen LogP contribution in [0.15, 0.2) is 42.5 Å². The molecular formula is C18H20N2O6. The van der Waals surface area contributed by atoms with E-state index in [9.17, 15) is 20.0 Å². The molecule has 0 fully saturated rings. The Kier molecular flexibility index (Phi) is 6.51. The number of nitrogens with zero attached hydrogens (tertiary/aromatic N) is 1. The third-order valence-corrected chi connectivity index (χ3v) is 3.83.